The molecule has 0 aliphatic carbocycles. The maximum atomic E-state index is 10.6. The molecular weight excluding hydrogens is 271 g/mol. The van der Waals surface area contributed by atoms with Gasteiger partial charge in [-0.15, -0.1) is 0 Å². The molecule has 0 saturated carbocycles. The van der Waals surface area contributed by atoms with Crippen molar-refractivity contribution in [2.75, 3.05) is 32.7 Å². The molecule has 3 fully saturated rings. The maximum Gasteiger partial charge on any atom is 0.0972 e. The van der Waals surface area contributed by atoms with E-state index in [9.17, 15) is 5.11 Å². The van der Waals surface area contributed by atoms with Crippen molar-refractivity contribution >= 4 is 23.2 Å². The van der Waals surface area contributed by atoms with Gasteiger partial charge >= 0.3 is 0 Å². The third-order valence-corrected chi connectivity index (χ3v) is 4.82. The van der Waals surface area contributed by atoms with Gasteiger partial charge < -0.3 is 5.11 Å². The second-order valence-electron chi connectivity index (χ2n) is 4.99. The van der Waals surface area contributed by atoms with Crippen molar-refractivity contribution in [3.05, 3.63) is 33.8 Å². The average molecular weight is 287 g/mol. The topological polar surface area (TPSA) is 26.7 Å². The van der Waals surface area contributed by atoms with E-state index in [0.717, 1.165) is 38.3 Å². The molecular formula is C13H16Cl2N2O. The van der Waals surface area contributed by atoms with Gasteiger partial charge in [-0.25, -0.2) is 0 Å². The summed E-state index contributed by atoms with van der Waals surface area (Å²) in [7, 11) is 0. The summed E-state index contributed by atoms with van der Waals surface area (Å²) in [6.45, 7) is 5.17. The fourth-order valence-electron chi connectivity index (χ4n) is 2.91. The molecule has 3 saturated heterocycles. The minimum absolute atomic E-state index is 0.128. The summed E-state index contributed by atoms with van der Waals surface area (Å²) in [6, 6.07) is 5.57. The Kier molecular flexibility index (Phi) is 3.52. The lowest BCUT2D eigenvalue weighted by Gasteiger charge is -2.49. The Morgan fingerprint density at radius 1 is 1.17 bits per heavy atom. The van der Waals surface area contributed by atoms with Gasteiger partial charge in [0.2, 0.25) is 0 Å². The minimum Gasteiger partial charge on any atom is -0.387 e. The molecule has 2 unspecified atom stereocenters. The van der Waals surface area contributed by atoms with Gasteiger partial charge in [-0.1, -0.05) is 35.3 Å². The minimum atomic E-state index is -0.570. The Balaban J connectivity index is 1.86. The van der Waals surface area contributed by atoms with Crippen molar-refractivity contribution in [3.8, 4) is 0 Å². The molecule has 3 aliphatic rings. The quantitative estimate of drug-likeness (QED) is 0.901. The fourth-order valence-corrected chi connectivity index (χ4v) is 3.33. The van der Waals surface area contributed by atoms with E-state index in [1.165, 1.54) is 0 Å². The molecule has 3 nitrogen and oxygen atoms in total. The van der Waals surface area contributed by atoms with E-state index in [2.05, 4.69) is 9.80 Å². The van der Waals surface area contributed by atoms with Gasteiger partial charge in [-0.2, -0.15) is 0 Å². The monoisotopic (exact) mass is 286 g/mol. The highest BCUT2D eigenvalue weighted by molar-refractivity contribution is 6.42. The summed E-state index contributed by atoms with van der Waals surface area (Å²) >= 11 is 12.2. The first-order valence-corrected chi connectivity index (χ1v) is 7.01. The summed E-state index contributed by atoms with van der Waals surface area (Å²) in [5.41, 5.74) is 0.739. The van der Waals surface area contributed by atoms with Crippen LogP contribution in [0.5, 0.6) is 0 Å². The van der Waals surface area contributed by atoms with Gasteiger partial charge in [0.25, 0.3) is 0 Å². The van der Waals surface area contributed by atoms with Crippen LogP contribution in [-0.2, 0) is 0 Å². The highest BCUT2D eigenvalue weighted by Crippen LogP contribution is 2.34. The van der Waals surface area contributed by atoms with E-state index in [4.69, 9.17) is 23.2 Å². The standard InChI is InChI=1S/C13H16Cl2N2O/c14-10-3-1-2-9(12(10)15)13(18)11-8-16-4-6-17(11)7-5-16/h1-3,11,13,18H,4-8H2. The van der Waals surface area contributed by atoms with Gasteiger partial charge in [0.05, 0.1) is 22.2 Å². The van der Waals surface area contributed by atoms with Crippen LogP contribution < -0.4 is 0 Å². The summed E-state index contributed by atoms with van der Waals surface area (Å²) in [4.78, 5) is 4.74. The lowest BCUT2D eigenvalue weighted by atomic mass is 9.96. The molecule has 0 radical (unpaired) electrons. The van der Waals surface area contributed by atoms with Crippen LogP contribution in [0.4, 0.5) is 0 Å². The Morgan fingerprint density at radius 3 is 2.50 bits per heavy atom. The molecule has 2 atom stereocenters. The van der Waals surface area contributed by atoms with Crippen molar-refractivity contribution in [2.45, 2.75) is 12.1 Å². The van der Waals surface area contributed by atoms with Crippen molar-refractivity contribution in [2.24, 2.45) is 0 Å². The predicted molar refractivity (Wildman–Crippen MR) is 73.2 cm³/mol. The van der Waals surface area contributed by atoms with Gasteiger partial charge in [-0.05, 0) is 6.07 Å². The van der Waals surface area contributed by atoms with Gasteiger partial charge in [0, 0.05) is 38.3 Å². The molecule has 2 bridgehead atoms. The number of rotatable bonds is 2. The van der Waals surface area contributed by atoms with E-state index in [1.54, 1.807) is 6.07 Å². The summed E-state index contributed by atoms with van der Waals surface area (Å²) in [5, 5.41) is 11.5. The van der Waals surface area contributed by atoms with Crippen LogP contribution in [0.25, 0.3) is 0 Å². The molecule has 4 rings (SSSR count). The molecule has 3 aliphatic heterocycles. The summed E-state index contributed by atoms with van der Waals surface area (Å²) in [5.74, 6) is 0. The maximum absolute atomic E-state index is 10.6. The van der Waals surface area contributed by atoms with E-state index in [0.29, 0.717) is 10.0 Å². The van der Waals surface area contributed by atoms with Crippen LogP contribution in [-0.4, -0.2) is 53.7 Å². The molecule has 3 heterocycles. The number of aliphatic hydroxyl groups is 1. The Hall–Kier alpha value is -0.320. The second-order valence-corrected chi connectivity index (χ2v) is 5.78. The zero-order chi connectivity index (χ0) is 12.7. The summed E-state index contributed by atoms with van der Waals surface area (Å²) < 4.78 is 0. The average Bonchev–Trinajstić information content (AvgIpc) is 2.42. The molecule has 0 spiro atoms. The zero-order valence-electron chi connectivity index (χ0n) is 10.0. The lowest BCUT2D eigenvalue weighted by Crippen LogP contribution is -2.62. The smallest absolute Gasteiger partial charge is 0.0972 e. The van der Waals surface area contributed by atoms with Crippen LogP contribution in [0.2, 0.25) is 10.0 Å². The molecule has 1 aromatic rings. The third kappa shape index (κ3) is 2.15. The molecule has 0 amide bonds. The highest BCUT2D eigenvalue weighted by Gasteiger charge is 2.37. The van der Waals surface area contributed by atoms with Crippen molar-refractivity contribution in [3.63, 3.8) is 0 Å². The van der Waals surface area contributed by atoms with Crippen LogP contribution in [0, 0.1) is 0 Å². The van der Waals surface area contributed by atoms with Crippen molar-refractivity contribution < 1.29 is 5.11 Å². The number of fused-ring (bicyclic) bond motifs is 3. The third-order valence-electron chi connectivity index (χ3n) is 3.99. The Morgan fingerprint density at radius 2 is 1.89 bits per heavy atom. The van der Waals surface area contributed by atoms with E-state index < -0.39 is 6.10 Å². The fraction of sp³-hybridized carbons (Fsp3) is 0.538. The first-order chi connectivity index (χ1) is 8.66. The number of halogens is 2. The van der Waals surface area contributed by atoms with E-state index in [1.807, 2.05) is 12.1 Å². The van der Waals surface area contributed by atoms with Gasteiger partial charge in [-0.3, -0.25) is 9.80 Å². The number of nitrogens with zero attached hydrogens (tertiary/aromatic N) is 2. The largest absolute Gasteiger partial charge is 0.387 e. The molecule has 18 heavy (non-hydrogen) atoms. The van der Waals surface area contributed by atoms with Gasteiger partial charge in [0.15, 0.2) is 0 Å². The second kappa shape index (κ2) is 4.99. The highest BCUT2D eigenvalue weighted by atomic mass is 35.5. The SMILES string of the molecule is OC(c1cccc(Cl)c1Cl)C1CN2CCN1CC2. The van der Waals surface area contributed by atoms with Crippen LogP contribution >= 0.6 is 23.2 Å². The van der Waals surface area contributed by atoms with Crippen LogP contribution in [0.1, 0.15) is 11.7 Å². The van der Waals surface area contributed by atoms with Crippen molar-refractivity contribution in [1.82, 2.24) is 9.80 Å². The molecule has 98 valence electrons. The number of hydrogen-bond donors (Lipinski definition) is 1. The number of aliphatic hydroxyl groups excluding tert-OH is 1. The number of piperazine rings is 3. The van der Waals surface area contributed by atoms with Crippen LogP contribution in [0.15, 0.2) is 18.2 Å². The molecule has 1 aromatic carbocycles. The number of hydrogen-bond acceptors (Lipinski definition) is 3. The summed E-state index contributed by atoms with van der Waals surface area (Å²) in [6.07, 6.45) is -0.570. The first-order valence-electron chi connectivity index (χ1n) is 6.25. The normalized spacial score (nSPS) is 32.5. The molecule has 5 heteroatoms. The first kappa shape index (κ1) is 12.7. The Bertz CT molecular complexity index is 447. The molecule has 1 N–H and O–H groups in total. The molecule has 0 aromatic heterocycles. The van der Waals surface area contributed by atoms with Gasteiger partial charge in [0.1, 0.15) is 0 Å². The van der Waals surface area contributed by atoms with Crippen LogP contribution in [0.3, 0.4) is 0 Å². The van der Waals surface area contributed by atoms with E-state index in [-0.39, 0.29) is 6.04 Å². The Labute approximate surface area is 117 Å². The van der Waals surface area contributed by atoms with Crippen molar-refractivity contribution in [1.29, 1.82) is 0 Å². The lowest BCUT2D eigenvalue weighted by molar-refractivity contribution is -0.0470. The van der Waals surface area contributed by atoms with E-state index >= 15 is 0 Å². The zero-order valence-corrected chi connectivity index (χ0v) is 11.5. The predicted octanol–water partition coefficient (Wildman–Crippen LogP) is 2.03. The number of benzene rings is 1.